The molecule has 1 aliphatic carbocycles. The average molecular weight is 320 g/mol. The monoisotopic (exact) mass is 319 g/mol. The van der Waals surface area contributed by atoms with Crippen LogP contribution in [0.15, 0.2) is 6.33 Å². The topological polar surface area (TPSA) is 66.5 Å². The molecule has 1 N–H and O–H groups in total. The lowest BCUT2D eigenvalue weighted by Gasteiger charge is -2.13. The summed E-state index contributed by atoms with van der Waals surface area (Å²) in [6.45, 7) is 6.69. The molecule has 0 atom stereocenters. The summed E-state index contributed by atoms with van der Waals surface area (Å²) in [5.74, 6) is 0. The second-order valence-electron chi connectivity index (χ2n) is 5.06. The fourth-order valence-corrected chi connectivity index (χ4v) is 3.13. The molecule has 22 heavy (non-hydrogen) atoms. The number of aromatic nitrogens is 3. The first-order valence-electron chi connectivity index (χ1n) is 7.96. The summed E-state index contributed by atoms with van der Waals surface area (Å²) in [6, 6.07) is 2.56. The smallest absolute Gasteiger partial charge is 0.164 e. The highest BCUT2D eigenvalue weighted by Gasteiger charge is 2.23. The van der Waals surface area contributed by atoms with Crippen molar-refractivity contribution in [3.05, 3.63) is 17.0 Å². The third kappa shape index (κ3) is 2.89. The molecule has 1 fully saturated rings. The molecule has 0 spiro atoms. The van der Waals surface area contributed by atoms with Gasteiger partial charge in [0.1, 0.15) is 17.1 Å². The van der Waals surface area contributed by atoms with Gasteiger partial charge in [-0.1, -0.05) is 38.3 Å². The summed E-state index contributed by atoms with van der Waals surface area (Å²) in [5, 5.41) is 12.7. The van der Waals surface area contributed by atoms with Gasteiger partial charge in [-0.15, -0.1) is 0 Å². The van der Waals surface area contributed by atoms with Crippen molar-refractivity contribution >= 4 is 28.5 Å². The fraction of sp³-hybridized carbons (Fsp3) is 0.562. The van der Waals surface area contributed by atoms with Gasteiger partial charge in [0.25, 0.3) is 0 Å². The van der Waals surface area contributed by atoms with Crippen LogP contribution in [0, 0.1) is 11.3 Å². The molecular weight excluding hydrogens is 298 g/mol. The fourth-order valence-electron chi connectivity index (χ4n) is 2.91. The highest BCUT2D eigenvalue weighted by molar-refractivity contribution is 6.31. The molecule has 6 heteroatoms. The van der Waals surface area contributed by atoms with Crippen LogP contribution in [0.4, 0.5) is 5.69 Å². The molecule has 1 saturated carbocycles. The standard InChI is InChI=1S/C14H16ClN5.C2H6/c1-2-17-11-10(7-16)13(15)19-14-12(11)18-8-20(14)9-5-3-4-6-9;1-2/h8-9H,2-6H2,1H3,(H,17,19);1-2H3. The number of hydrogen-bond donors (Lipinski definition) is 1. The zero-order chi connectivity index (χ0) is 16.1. The Labute approximate surface area is 136 Å². The van der Waals surface area contributed by atoms with Crippen molar-refractivity contribution in [3.63, 3.8) is 0 Å². The molecule has 0 saturated heterocycles. The Kier molecular flexibility index (Phi) is 5.62. The molecule has 3 rings (SSSR count). The van der Waals surface area contributed by atoms with Gasteiger partial charge in [0.2, 0.25) is 0 Å². The number of nitrogens with zero attached hydrogens (tertiary/aromatic N) is 4. The van der Waals surface area contributed by atoms with E-state index in [0.29, 0.717) is 23.8 Å². The van der Waals surface area contributed by atoms with Gasteiger partial charge < -0.3 is 9.88 Å². The van der Waals surface area contributed by atoms with Gasteiger partial charge in [0.15, 0.2) is 10.8 Å². The minimum Gasteiger partial charge on any atom is -0.382 e. The third-order valence-electron chi connectivity index (χ3n) is 3.85. The second kappa shape index (κ2) is 7.46. The SMILES string of the molecule is CC.CCNc1c(C#N)c(Cl)nc2c1ncn2C1CCCC1. The van der Waals surface area contributed by atoms with Gasteiger partial charge in [-0.2, -0.15) is 5.26 Å². The van der Waals surface area contributed by atoms with E-state index in [1.165, 1.54) is 12.8 Å². The zero-order valence-electron chi connectivity index (χ0n) is 13.4. The van der Waals surface area contributed by atoms with E-state index in [1.54, 1.807) is 0 Å². The van der Waals surface area contributed by atoms with Crippen molar-refractivity contribution in [2.75, 3.05) is 11.9 Å². The molecule has 5 nitrogen and oxygen atoms in total. The van der Waals surface area contributed by atoms with Gasteiger partial charge in [-0.25, -0.2) is 9.97 Å². The number of pyridine rings is 1. The van der Waals surface area contributed by atoms with Crippen LogP contribution in [0.2, 0.25) is 5.15 Å². The van der Waals surface area contributed by atoms with E-state index < -0.39 is 0 Å². The lowest BCUT2D eigenvalue weighted by Crippen LogP contribution is -2.06. The lowest BCUT2D eigenvalue weighted by molar-refractivity contribution is 0.529. The number of anilines is 1. The zero-order valence-corrected chi connectivity index (χ0v) is 14.1. The molecule has 2 aromatic rings. The number of hydrogen-bond acceptors (Lipinski definition) is 4. The summed E-state index contributed by atoms with van der Waals surface area (Å²) in [7, 11) is 0. The number of halogens is 1. The maximum Gasteiger partial charge on any atom is 0.164 e. The second-order valence-corrected chi connectivity index (χ2v) is 5.42. The molecule has 2 aromatic heterocycles. The molecule has 0 aromatic carbocycles. The number of nitrogens with one attached hydrogen (secondary N) is 1. The first-order valence-corrected chi connectivity index (χ1v) is 8.34. The third-order valence-corrected chi connectivity index (χ3v) is 4.12. The maximum atomic E-state index is 9.25. The van der Waals surface area contributed by atoms with Crippen molar-refractivity contribution < 1.29 is 0 Å². The Bertz CT molecular complexity index is 680. The van der Waals surface area contributed by atoms with Gasteiger partial charge in [0.05, 0.1) is 12.0 Å². The number of fused-ring (bicyclic) bond motifs is 1. The van der Waals surface area contributed by atoms with E-state index >= 15 is 0 Å². The highest BCUT2D eigenvalue weighted by atomic mass is 35.5. The Balaban J connectivity index is 0.000000847. The molecule has 0 bridgehead atoms. The van der Waals surface area contributed by atoms with E-state index in [4.69, 9.17) is 11.6 Å². The predicted molar refractivity (Wildman–Crippen MR) is 90.3 cm³/mol. The Hall–Kier alpha value is -1.80. The molecule has 0 radical (unpaired) electrons. The van der Waals surface area contributed by atoms with Crippen LogP contribution in [0.5, 0.6) is 0 Å². The normalized spacial score (nSPS) is 14.5. The Morgan fingerprint density at radius 2 is 2.09 bits per heavy atom. The summed E-state index contributed by atoms with van der Waals surface area (Å²) < 4.78 is 2.11. The summed E-state index contributed by atoms with van der Waals surface area (Å²) in [6.07, 6.45) is 6.62. The number of imidazole rings is 1. The minimum absolute atomic E-state index is 0.246. The van der Waals surface area contributed by atoms with E-state index in [0.717, 1.165) is 24.0 Å². The number of rotatable bonds is 3. The first kappa shape index (κ1) is 16.6. The van der Waals surface area contributed by atoms with Crippen LogP contribution in [0.1, 0.15) is 58.1 Å². The summed E-state index contributed by atoms with van der Waals surface area (Å²) in [4.78, 5) is 8.86. The molecule has 0 aliphatic heterocycles. The van der Waals surface area contributed by atoms with Gasteiger partial charge in [-0.05, 0) is 19.8 Å². The van der Waals surface area contributed by atoms with Gasteiger partial charge >= 0.3 is 0 Å². The van der Waals surface area contributed by atoms with E-state index in [9.17, 15) is 5.26 Å². The van der Waals surface area contributed by atoms with Crippen LogP contribution < -0.4 is 5.32 Å². The molecule has 118 valence electrons. The lowest BCUT2D eigenvalue weighted by atomic mass is 10.2. The van der Waals surface area contributed by atoms with Crippen molar-refractivity contribution in [3.8, 4) is 6.07 Å². The van der Waals surface area contributed by atoms with Crippen molar-refractivity contribution in [2.45, 2.75) is 52.5 Å². The van der Waals surface area contributed by atoms with Crippen molar-refractivity contribution in [2.24, 2.45) is 0 Å². The van der Waals surface area contributed by atoms with E-state index in [-0.39, 0.29) is 5.15 Å². The van der Waals surface area contributed by atoms with Crippen molar-refractivity contribution in [1.82, 2.24) is 14.5 Å². The minimum atomic E-state index is 0.246. The van der Waals surface area contributed by atoms with Crippen molar-refractivity contribution in [1.29, 1.82) is 5.26 Å². The largest absolute Gasteiger partial charge is 0.382 e. The maximum absolute atomic E-state index is 9.25. The Morgan fingerprint density at radius 3 is 2.68 bits per heavy atom. The van der Waals surface area contributed by atoms with Crippen LogP contribution in [-0.2, 0) is 0 Å². The first-order chi connectivity index (χ1) is 10.8. The Morgan fingerprint density at radius 1 is 1.41 bits per heavy atom. The van der Waals surface area contributed by atoms with E-state index in [2.05, 4.69) is 25.9 Å². The predicted octanol–water partition coefficient (Wildman–Crippen LogP) is 4.53. The number of nitriles is 1. The molecule has 1 aliphatic rings. The molecule has 2 heterocycles. The van der Waals surface area contributed by atoms with Crippen LogP contribution >= 0.6 is 11.6 Å². The quantitative estimate of drug-likeness (QED) is 0.844. The van der Waals surface area contributed by atoms with Crippen LogP contribution in [0.25, 0.3) is 11.2 Å². The highest BCUT2D eigenvalue weighted by Crippen LogP contribution is 2.35. The van der Waals surface area contributed by atoms with Gasteiger partial charge in [-0.3, -0.25) is 0 Å². The summed E-state index contributed by atoms with van der Waals surface area (Å²) in [5.41, 5.74) is 2.58. The van der Waals surface area contributed by atoms with Crippen LogP contribution in [-0.4, -0.2) is 21.1 Å². The molecule has 0 unspecified atom stereocenters. The molecule has 0 amide bonds. The van der Waals surface area contributed by atoms with Crippen LogP contribution in [0.3, 0.4) is 0 Å². The van der Waals surface area contributed by atoms with Gasteiger partial charge in [0, 0.05) is 12.6 Å². The molecular formula is C16H22ClN5. The average Bonchev–Trinajstić information content (AvgIpc) is 3.18. The van der Waals surface area contributed by atoms with E-state index in [1.807, 2.05) is 27.1 Å². The summed E-state index contributed by atoms with van der Waals surface area (Å²) >= 11 is 6.17.